The highest BCUT2D eigenvalue weighted by Crippen LogP contribution is 2.32. The molecule has 6 nitrogen and oxygen atoms in total. The average molecular weight is 307 g/mol. The third-order valence-corrected chi connectivity index (χ3v) is 3.64. The number of imide groups is 1. The van der Waals surface area contributed by atoms with Crippen molar-refractivity contribution in [1.82, 2.24) is 4.90 Å². The minimum absolute atomic E-state index is 0.268. The molecule has 0 aromatic heterocycles. The van der Waals surface area contributed by atoms with E-state index in [1.807, 2.05) is 0 Å². The van der Waals surface area contributed by atoms with E-state index in [9.17, 15) is 14.4 Å². The quantitative estimate of drug-likeness (QED) is 0.840. The van der Waals surface area contributed by atoms with Gasteiger partial charge in [0, 0.05) is 6.54 Å². The van der Waals surface area contributed by atoms with Gasteiger partial charge in [-0.3, -0.25) is 14.5 Å². The molecule has 7 heteroatoms. The fraction of sp³-hybridized carbons (Fsp3) is 0.214. The molecular formula is C14H13NO5S. The summed E-state index contributed by atoms with van der Waals surface area (Å²) < 4.78 is 5.01. The molecule has 1 N–H and O–H groups in total. The van der Waals surface area contributed by atoms with Crippen molar-refractivity contribution in [2.24, 2.45) is 0 Å². The molecule has 1 aliphatic heterocycles. The van der Waals surface area contributed by atoms with Crippen LogP contribution in [0.15, 0.2) is 29.2 Å². The van der Waals surface area contributed by atoms with Gasteiger partial charge < -0.3 is 9.84 Å². The fourth-order valence-corrected chi connectivity index (χ4v) is 2.63. The van der Waals surface area contributed by atoms with Crippen LogP contribution in [0, 0.1) is 0 Å². The maximum atomic E-state index is 11.9. The highest BCUT2D eigenvalue weighted by Gasteiger charge is 2.33. The highest BCUT2D eigenvalue weighted by molar-refractivity contribution is 8.18. The van der Waals surface area contributed by atoms with Crippen LogP contribution in [0.25, 0.3) is 6.08 Å². The zero-order chi connectivity index (χ0) is 15.4. The van der Waals surface area contributed by atoms with E-state index in [1.54, 1.807) is 37.3 Å². The Kier molecular flexibility index (Phi) is 4.64. The number of carbonyl (C=O) groups is 3. The van der Waals surface area contributed by atoms with E-state index in [2.05, 4.69) is 0 Å². The van der Waals surface area contributed by atoms with Crippen molar-refractivity contribution in [2.45, 2.75) is 6.92 Å². The summed E-state index contributed by atoms with van der Waals surface area (Å²) in [4.78, 5) is 35.4. The number of carboxylic acids is 1. The lowest BCUT2D eigenvalue weighted by atomic mass is 10.2. The molecule has 2 amide bonds. The van der Waals surface area contributed by atoms with E-state index >= 15 is 0 Å². The summed E-state index contributed by atoms with van der Waals surface area (Å²) in [6, 6.07) is 6.60. The van der Waals surface area contributed by atoms with Crippen LogP contribution in [-0.4, -0.2) is 40.3 Å². The van der Waals surface area contributed by atoms with Crippen LogP contribution in [0.3, 0.4) is 0 Å². The number of hydrogen-bond donors (Lipinski definition) is 1. The van der Waals surface area contributed by atoms with E-state index < -0.39 is 12.6 Å². The number of nitrogens with zero attached hydrogens (tertiary/aromatic N) is 1. The predicted molar refractivity (Wildman–Crippen MR) is 77.9 cm³/mol. The molecule has 2 rings (SSSR count). The summed E-state index contributed by atoms with van der Waals surface area (Å²) in [5, 5.41) is 8.24. The van der Waals surface area contributed by atoms with E-state index in [0.29, 0.717) is 17.2 Å². The number of benzene rings is 1. The molecule has 0 saturated carbocycles. The number of amides is 2. The smallest absolute Gasteiger partial charge is 0.341 e. The van der Waals surface area contributed by atoms with E-state index in [4.69, 9.17) is 9.84 Å². The molecule has 1 saturated heterocycles. The van der Waals surface area contributed by atoms with Gasteiger partial charge in [0.25, 0.3) is 11.1 Å². The number of hydrogen-bond acceptors (Lipinski definition) is 5. The minimum Gasteiger partial charge on any atom is -0.482 e. The van der Waals surface area contributed by atoms with Gasteiger partial charge in [-0.2, -0.15) is 0 Å². The van der Waals surface area contributed by atoms with Gasteiger partial charge in [-0.15, -0.1) is 0 Å². The summed E-state index contributed by atoms with van der Waals surface area (Å²) in [6.45, 7) is 1.69. The lowest BCUT2D eigenvalue weighted by Gasteiger charge is -2.07. The first-order valence-electron chi connectivity index (χ1n) is 6.21. The fourth-order valence-electron chi connectivity index (χ4n) is 1.73. The lowest BCUT2D eigenvalue weighted by Crippen LogP contribution is -2.27. The highest BCUT2D eigenvalue weighted by atomic mass is 32.2. The molecule has 1 aromatic carbocycles. The molecule has 0 unspecified atom stereocenters. The topological polar surface area (TPSA) is 83.9 Å². The molecule has 0 bridgehead atoms. The van der Waals surface area contributed by atoms with Gasteiger partial charge >= 0.3 is 5.97 Å². The molecule has 1 fully saturated rings. The first-order valence-corrected chi connectivity index (χ1v) is 7.03. The summed E-state index contributed by atoms with van der Waals surface area (Å²) in [7, 11) is 0. The second-order valence-electron chi connectivity index (χ2n) is 4.18. The normalized spacial score (nSPS) is 16.6. The second-order valence-corrected chi connectivity index (χ2v) is 5.17. The maximum Gasteiger partial charge on any atom is 0.341 e. The largest absolute Gasteiger partial charge is 0.482 e. The average Bonchev–Trinajstić information content (AvgIpc) is 2.72. The van der Waals surface area contributed by atoms with E-state index in [1.165, 1.54) is 4.90 Å². The standard InChI is InChI=1S/C14H13NO5S/c1-2-15-13(18)11(21-14(15)19)7-9-3-5-10(6-4-9)20-8-12(16)17/h3-7H,2,8H2,1H3,(H,16,17)/b11-7-. The van der Waals surface area contributed by atoms with Gasteiger partial charge in [0.2, 0.25) is 0 Å². The number of carbonyl (C=O) groups excluding carboxylic acids is 2. The first-order chi connectivity index (χ1) is 10.0. The molecule has 110 valence electrons. The molecule has 0 aliphatic carbocycles. The Morgan fingerprint density at radius 3 is 2.52 bits per heavy atom. The van der Waals surface area contributed by atoms with Gasteiger partial charge in [0.05, 0.1) is 4.91 Å². The third-order valence-electron chi connectivity index (χ3n) is 2.73. The number of carboxylic acid groups (broad SMARTS) is 1. The van der Waals surface area contributed by atoms with Gasteiger partial charge in [-0.1, -0.05) is 12.1 Å². The minimum atomic E-state index is -1.05. The van der Waals surface area contributed by atoms with E-state index in [-0.39, 0.29) is 11.1 Å². The van der Waals surface area contributed by atoms with Gasteiger partial charge in [0.15, 0.2) is 6.61 Å². The molecule has 1 heterocycles. The van der Waals surface area contributed by atoms with Gasteiger partial charge in [-0.05, 0) is 42.5 Å². The predicted octanol–water partition coefficient (Wildman–Crippen LogP) is 2.21. The monoisotopic (exact) mass is 307 g/mol. The number of ether oxygens (including phenoxy) is 1. The molecule has 0 atom stereocenters. The van der Waals surface area contributed by atoms with Crippen molar-refractivity contribution in [2.75, 3.05) is 13.2 Å². The van der Waals surface area contributed by atoms with Gasteiger partial charge in [-0.25, -0.2) is 4.79 Å². The molecule has 0 spiro atoms. The number of thioether (sulfide) groups is 1. The molecule has 1 aromatic rings. The first kappa shape index (κ1) is 15.1. The van der Waals surface area contributed by atoms with Crippen LogP contribution in [0.2, 0.25) is 0 Å². The summed E-state index contributed by atoms with van der Waals surface area (Å²) in [5.41, 5.74) is 0.735. The Labute approximate surface area is 125 Å². The maximum absolute atomic E-state index is 11.9. The SMILES string of the molecule is CCN1C(=O)S/C(=C\c2ccc(OCC(=O)O)cc2)C1=O. The van der Waals surface area contributed by atoms with Crippen LogP contribution in [0.1, 0.15) is 12.5 Å². The second kappa shape index (κ2) is 6.45. The molecule has 0 radical (unpaired) electrons. The Morgan fingerprint density at radius 2 is 2.00 bits per heavy atom. The Bertz CT molecular complexity index is 608. The summed E-state index contributed by atoms with van der Waals surface area (Å²) in [6.07, 6.45) is 1.63. The van der Waals surface area contributed by atoms with Crippen LogP contribution in [0.4, 0.5) is 4.79 Å². The number of rotatable bonds is 5. The van der Waals surface area contributed by atoms with Crippen LogP contribution >= 0.6 is 11.8 Å². The van der Waals surface area contributed by atoms with Crippen LogP contribution in [-0.2, 0) is 9.59 Å². The third kappa shape index (κ3) is 3.63. The zero-order valence-electron chi connectivity index (χ0n) is 11.2. The lowest BCUT2D eigenvalue weighted by molar-refractivity contribution is -0.139. The molecule has 1 aliphatic rings. The molecular weight excluding hydrogens is 294 g/mol. The van der Waals surface area contributed by atoms with Crippen molar-refractivity contribution in [3.05, 3.63) is 34.7 Å². The Morgan fingerprint density at radius 1 is 1.33 bits per heavy atom. The van der Waals surface area contributed by atoms with Crippen molar-refractivity contribution in [1.29, 1.82) is 0 Å². The van der Waals surface area contributed by atoms with E-state index in [0.717, 1.165) is 17.3 Å². The summed E-state index contributed by atoms with van der Waals surface area (Å²) in [5.74, 6) is -0.915. The molecule has 21 heavy (non-hydrogen) atoms. The Hall–Kier alpha value is -2.28. The zero-order valence-corrected chi connectivity index (χ0v) is 12.1. The summed E-state index contributed by atoms with van der Waals surface area (Å²) >= 11 is 0.909. The Balaban J connectivity index is 2.09. The number of likely N-dealkylation sites (N-methyl/N-ethyl adjacent to an activating group) is 1. The van der Waals surface area contributed by atoms with Crippen molar-refractivity contribution in [3.63, 3.8) is 0 Å². The van der Waals surface area contributed by atoms with Crippen LogP contribution in [0.5, 0.6) is 5.75 Å². The van der Waals surface area contributed by atoms with Crippen LogP contribution < -0.4 is 4.74 Å². The van der Waals surface area contributed by atoms with Gasteiger partial charge in [0.1, 0.15) is 5.75 Å². The number of aliphatic carboxylic acids is 1. The van der Waals surface area contributed by atoms with Crippen molar-refractivity contribution >= 4 is 35.0 Å². The van der Waals surface area contributed by atoms with Crippen molar-refractivity contribution < 1.29 is 24.2 Å². The van der Waals surface area contributed by atoms with Crippen molar-refractivity contribution in [3.8, 4) is 5.75 Å².